The predicted molar refractivity (Wildman–Crippen MR) is 378 cm³/mol. The van der Waals surface area contributed by atoms with Gasteiger partial charge in [-0.15, -0.1) is 0 Å². The van der Waals surface area contributed by atoms with Crippen molar-refractivity contribution < 1.29 is 64.6 Å². The third-order valence-corrected chi connectivity index (χ3v) is 17.7. The molecule has 0 aromatic carbocycles. The van der Waals surface area contributed by atoms with Crippen LogP contribution in [0.25, 0.3) is 0 Å². The normalized spacial score (nSPS) is 23.2. The first-order valence-electron chi connectivity index (χ1n) is 37.5. The van der Waals surface area contributed by atoms with Gasteiger partial charge in [0.25, 0.3) is 0 Å². The van der Waals surface area contributed by atoms with Crippen LogP contribution >= 0.6 is 0 Å². The maximum atomic E-state index is 13.3. The number of allylic oxidation sites excluding steroid dienone is 15. The summed E-state index contributed by atoms with van der Waals surface area (Å²) < 4.78 is 22.9. The van der Waals surface area contributed by atoms with Crippen molar-refractivity contribution in [2.45, 2.75) is 370 Å². The summed E-state index contributed by atoms with van der Waals surface area (Å²) in [7, 11) is 0. The highest BCUT2D eigenvalue weighted by molar-refractivity contribution is 5.76. The molecule has 1 amide bonds. The molecule has 2 heterocycles. The van der Waals surface area contributed by atoms with Gasteiger partial charge in [-0.2, -0.15) is 0 Å². The molecule has 12 unspecified atom stereocenters. The zero-order valence-corrected chi connectivity index (χ0v) is 58.0. The van der Waals surface area contributed by atoms with E-state index in [4.69, 9.17) is 18.9 Å². The van der Waals surface area contributed by atoms with E-state index >= 15 is 0 Å². The Bertz CT molecular complexity index is 1920. The number of aliphatic hydroxyl groups excluding tert-OH is 8. The molecule has 12 atom stereocenters. The predicted octanol–water partition coefficient (Wildman–Crippen LogP) is 16.1. The van der Waals surface area contributed by atoms with Gasteiger partial charge in [-0.05, 0) is 89.9 Å². The highest BCUT2D eigenvalue weighted by Crippen LogP contribution is 2.30. The molecule has 0 aromatic heterocycles. The van der Waals surface area contributed by atoms with E-state index in [0.717, 1.165) is 83.5 Å². The minimum absolute atomic E-state index is 0.258. The van der Waals surface area contributed by atoms with Crippen molar-refractivity contribution in [1.82, 2.24) is 5.32 Å². The number of carbonyl (C=O) groups is 1. The van der Waals surface area contributed by atoms with Gasteiger partial charge in [0.05, 0.1) is 32.0 Å². The van der Waals surface area contributed by atoms with E-state index in [1.165, 1.54) is 180 Å². The summed E-state index contributed by atoms with van der Waals surface area (Å²) >= 11 is 0. The van der Waals surface area contributed by atoms with Crippen LogP contribution in [0.2, 0.25) is 0 Å². The first-order valence-corrected chi connectivity index (χ1v) is 37.5. The van der Waals surface area contributed by atoms with Gasteiger partial charge in [0.1, 0.15) is 48.8 Å². The van der Waals surface area contributed by atoms with E-state index in [0.29, 0.717) is 12.8 Å². The Morgan fingerprint density at radius 3 is 1.20 bits per heavy atom. The number of carbonyl (C=O) groups excluding carboxylic acids is 1. The lowest BCUT2D eigenvalue weighted by Gasteiger charge is -2.46. The van der Waals surface area contributed by atoms with Crippen LogP contribution in [0.4, 0.5) is 0 Å². The van der Waals surface area contributed by atoms with Gasteiger partial charge in [-0.25, -0.2) is 0 Å². The van der Waals surface area contributed by atoms with E-state index in [9.17, 15) is 45.6 Å². The molecule has 0 aliphatic carbocycles. The lowest BCUT2D eigenvalue weighted by molar-refractivity contribution is -0.359. The molecule has 92 heavy (non-hydrogen) atoms. The maximum Gasteiger partial charge on any atom is 0.220 e. The molecule has 9 N–H and O–H groups in total. The lowest BCUT2D eigenvalue weighted by atomic mass is 9.97. The standard InChI is InChI=1S/C78H137NO13/c1-3-5-7-9-11-13-15-17-19-21-23-25-27-29-31-32-33-34-36-37-39-41-43-45-47-49-51-53-55-57-59-61-67(82)66(65-89-77-75(88)73(86)76(69(64-81)91-77)92-78-74(87)72(85)71(84)68(63-80)90-78)79-70(83)62-60-58-56-54-52-50-48-46-44-42-40-38-35-30-28-26-24-22-20-18-16-14-12-10-8-6-4-2/h6,8,12,14,18,20,24,26,30,35,43,45,51,53,59,61,66-69,71-78,80-82,84-88H,3-5,7,9-11,13,15-17,19,21-23,25,27-29,31-34,36-42,44,46-50,52,54-58,60,62-65H2,1-2H3,(H,79,83)/b8-6-,14-12-,20-18-,26-24-,35-30-,45-43+,53-51+,61-59+. The van der Waals surface area contributed by atoms with Gasteiger partial charge >= 0.3 is 0 Å². The molecule has 14 nitrogen and oxygen atoms in total. The Morgan fingerprint density at radius 1 is 0.402 bits per heavy atom. The molecule has 0 spiro atoms. The van der Waals surface area contributed by atoms with Crippen molar-refractivity contribution in [3.8, 4) is 0 Å². The fourth-order valence-corrected chi connectivity index (χ4v) is 11.8. The summed E-state index contributed by atoms with van der Waals surface area (Å²) in [5.74, 6) is -0.258. The number of rotatable bonds is 61. The van der Waals surface area contributed by atoms with Crippen LogP contribution in [-0.2, 0) is 23.7 Å². The Balaban J connectivity index is 1.68. The molecule has 0 radical (unpaired) electrons. The average molecular weight is 1300 g/mol. The topological polar surface area (TPSA) is 228 Å². The highest BCUT2D eigenvalue weighted by atomic mass is 16.7. The summed E-state index contributed by atoms with van der Waals surface area (Å²) in [5.41, 5.74) is 0. The van der Waals surface area contributed by atoms with Crippen molar-refractivity contribution >= 4 is 5.91 Å². The molecule has 0 bridgehead atoms. The largest absolute Gasteiger partial charge is 0.394 e. The fraction of sp³-hybridized carbons (Fsp3) is 0.782. The summed E-state index contributed by atoms with van der Waals surface area (Å²) in [6, 6.07) is -0.948. The summed E-state index contributed by atoms with van der Waals surface area (Å²) in [5, 5.41) is 87.5. The van der Waals surface area contributed by atoms with Gasteiger partial charge in [0.15, 0.2) is 12.6 Å². The van der Waals surface area contributed by atoms with E-state index in [1.54, 1.807) is 6.08 Å². The number of nitrogens with one attached hydrogen (secondary N) is 1. The minimum Gasteiger partial charge on any atom is -0.394 e. The minimum atomic E-state index is -1.80. The summed E-state index contributed by atoms with van der Waals surface area (Å²) in [4.78, 5) is 13.3. The second kappa shape index (κ2) is 61.5. The molecule has 0 aromatic rings. The van der Waals surface area contributed by atoms with Crippen LogP contribution in [0.15, 0.2) is 97.2 Å². The SMILES string of the molecule is CC/C=C\C/C=C\C/C=C\C/C=C\C/C=C\CCCCCCCCCCCCCC(=O)NC(COC1OC(CO)C(OC2OC(CO)C(O)C(O)C2O)C(O)C1O)C(O)/C=C/CC/C=C/CC/C=C/CCCCCCCCCCCCCCCCCCCCCCC. The molecule has 2 fully saturated rings. The summed E-state index contributed by atoms with van der Waals surface area (Å²) in [6.45, 7) is 2.69. The Kier molecular flexibility index (Phi) is 56.8. The van der Waals surface area contributed by atoms with Crippen LogP contribution < -0.4 is 5.32 Å². The molecule has 0 saturated carbocycles. The first-order chi connectivity index (χ1) is 45.1. The van der Waals surface area contributed by atoms with Crippen LogP contribution in [0.3, 0.4) is 0 Å². The van der Waals surface area contributed by atoms with Gasteiger partial charge in [-0.1, -0.05) is 297 Å². The Morgan fingerprint density at radius 2 is 0.761 bits per heavy atom. The molecule has 2 rings (SSSR count). The second-order valence-corrected chi connectivity index (χ2v) is 26.0. The molecule has 2 aliphatic rings. The van der Waals surface area contributed by atoms with E-state index < -0.39 is 86.8 Å². The van der Waals surface area contributed by atoms with E-state index in [2.05, 4.69) is 104 Å². The van der Waals surface area contributed by atoms with Crippen molar-refractivity contribution in [2.75, 3.05) is 19.8 Å². The van der Waals surface area contributed by atoms with Crippen LogP contribution in [0, 0.1) is 0 Å². The van der Waals surface area contributed by atoms with Crippen LogP contribution in [0.5, 0.6) is 0 Å². The van der Waals surface area contributed by atoms with Gasteiger partial charge in [-0.3, -0.25) is 4.79 Å². The number of hydrogen-bond donors (Lipinski definition) is 9. The zero-order valence-electron chi connectivity index (χ0n) is 58.0. The molecule has 532 valence electrons. The van der Waals surface area contributed by atoms with Gasteiger partial charge in [0, 0.05) is 6.42 Å². The molecule has 14 heteroatoms. The van der Waals surface area contributed by atoms with Gasteiger partial charge in [0.2, 0.25) is 5.91 Å². The van der Waals surface area contributed by atoms with E-state index in [-0.39, 0.29) is 18.9 Å². The maximum absolute atomic E-state index is 13.3. The molecular formula is C78H137NO13. The number of ether oxygens (including phenoxy) is 4. The van der Waals surface area contributed by atoms with Crippen molar-refractivity contribution in [2.24, 2.45) is 0 Å². The Labute approximate surface area is 560 Å². The van der Waals surface area contributed by atoms with Crippen molar-refractivity contribution in [3.05, 3.63) is 97.2 Å². The quantitative estimate of drug-likeness (QED) is 0.0204. The second-order valence-electron chi connectivity index (χ2n) is 26.0. The molecule has 2 aliphatic heterocycles. The highest BCUT2D eigenvalue weighted by Gasteiger charge is 2.51. The van der Waals surface area contributed by atoms with Gasteiger partial charge < -0.3 is 65.1 Å². The molecule has 2 saturated heterocycles. The first kappa shape index (κ1) is 85.0. The third kappa shape index (κ3) is 44.6. The van der Waals surface area contributed by atoms with Crippen molar-refractivity contribution in [1.29, 1.82) is 0 Å². The average Bonchev–Trinajstić information content (AvgIpc) is 0.882. The number of amides is 1. The smallest absolute Gasteiger partial charge is 0.220 e. The van der Waals surface area contributed by atoms with Crippen molar-refractivity contribution in [3.63, 3.8) is 0 Å². The van der Waals surface area contributed by atoms with Crippen LogP contribution in [-0.4, -0.2) is 140 Å². The number of aliphatic hydroxyl groups is 8. The zero-order chi connectivity index (χ0) is 66.6. The summed E-state index contributed by atoms with van der Waals surface area (Å²) in [6.07, 6.45) is 70.5. The Hall–Kier alpha value is -3.09. The third-order valence-electron chi connectivity index (χ3n) is 17.7. The van der Waals surface area contributed by atoms with Crippen LogP contribution in [0.1, 0.15) is 296 Å². The van der Waals surface area contributed by atoms with E-state index in [1.807, 2.05) is 6.08 Å². The lowest BCUT2D eigenvalue weighted by Crippen LogP contribution is -2.65. The fourth-order valence-electron chi connectivity index (χ4n) is 11.8. The monoisotopic (exact) mass is 1300 g/mol. The number of unbranched alkanes of at least 4 members (excludes halogenated alkanes) is 34. The molecular weight excluding hydrogens is 1160 g/mol. The number of hydrogen-bond acceptors (Lipinski definition) is 13.